The fourth-order valence-electron chi connectivity index (χ4n) is 4.18. The highest BCUT2D eigenvalue weighted by Crippen LogP contribution is 2.35. The molecule has 168 valence electrons. The van der Waals surface area contributed by atoms with Crippen LogP contribution in [0.3, 0.4) is 0 Å². The number of guanidine groups is 1. The molecule has 1 aliphatic carbocycles. The first-order chi connectivity index (χ1) is 16.3. The van der Waals surface area contributed by atoms with Crippen LogP contribution in [0.15, 0.2) is 78.0 Å². The molecular weight excluding hydrogens is 410 g/mol. The van der Waals surface area contributed by atoms with E-state index < -0.39 is 0 Å². The van der Waals surface area contributed by atoms with E-state index in [2.05, 4.69) is 69.1 Å². The molecule has 1 heterocycles. The molecule has 1 aliphatic rings. The Kier molecular flexibility index (Phi) is 8.04. The van der Waals surface area contributed by atoms with Crippen molar-refractivity contribution in [2.75, 3.05) is 13.2 Å². The number of nitrogens with one attached hydrogen (secondary N) is 2. The number of pyridine rings is 1. The molecule has 4 rings (SSSR count). The third-order valence-electron chi connectivity index (χ3n) is 5.81. The molecular formula is C27H29N5O. The quantitative estimate of drug-likeness (QED) is 0.173. The summed E-state index contributed by atoms with van der Waals surface area (Å²) in [4.78, 5) is 8.38. The highest BCUT2D eigenvalue weighted by molar-refractivity contribution is 5.83. The van der Waals surface area contributed by atoms with Gasteiger partial charge < -0.3 is 10.1 Å². The number of nitriles is 1. The largest absolute Gasteiger partial charge is 0.369 e. The number of ether oxygens (including phenoxy) is 1. The highest BCUT2D eigenvalue weighted by Gasteiger charge is 2.23. The van der Waals surface area contributed by atoms with Crippen molar-refractivity contribution in [3.05, 3.63) is 95.3 Å². The summed E-state index contributed by atoms with van der Waals surface area (Å²) in [6, 6.07) is 20.9. The molecule has 0 amide bonds. The van der Waals surface area contributed by atoms with Crippen LogP contribution in [0.1, 0.15) is 47.6 Å². The minimum Gasteiger partial charge on any atom is -0.369 e. The smallest absolute Gasteiger partial charge is 0.209 e. The van der Waals surface area contributed by atoms with Crippen LogP contribution in [0.2, 0.25) is 0 Å². The van der Waals surface area contributed by atoms with E-state index in [-0.39, 0.29) is 6.10 Å². The van der Waals surface area contributed by atoms with Gasteiger partial charge in [0.15, 0.2) is 6.19 Å². The number of aromatic nitrogens is 1. The molecule has 0 bridgehead atoms. The maximum absolute atomic E-state index is 8.96. The van der Waals surface area contributed by atoms with Crippen molar-refractivity contribution in [3.8, 4) is 6.19 Å². The number of fused-ring (bicyclic) bond motifs is 2. The second kappa shape index (κ2) is 11.8. The maximum Gasteiger partial charge on any atom is 0.209 e. The van der Waals surface area contributed by atoms with E-state index in [1.807, 2.05) is 6.19 Å². The molecule has 2 aromatic carbocycles. The number of aryl methyl sites for hydroxylation is 2. The summed E-state index contributed by atoms with van der Waals surface area (Å²) in [7, 11) is 0. The van der Waals surface area contributed by atoms with E-state index in [9.17, 15) is 0 Å². The first-order valence-corrected chi connectivity index (χ1v) is 11.5. The van der Waals surface area contributed by atoms with Gasteiger partial charge in [-0.15, -0.1) is 0 Å². The van der Waals surface area contributed by atoms with Gasteiger partial charge in [-0.05, 0) is 66.5 Å². The van der Waals surface area contributed by atoms with Gasteiger partial charge in [-0.2, -0.15) is 5.26 Å². The fraction of sp³-hybridized carbons (Fsp3) is 0.296. The van der Waals surface area contributed by atoms with E-state index in [0.29, 0.717) is 12.6 Å². The molecule has 2 N–H and O–H groups in total. The van der Waals surface area contributed by atoms with Gasteiger partial charge in [-0.25, -0.2) is 4.99 Å². The van der Waals surface area contributed by atoms with Gasteiger partial charge in [-0.1, -0.05) is 48.5 Å². The minimum absolute atomic E-state index is 0.00282. The Labute approximate surface area is 195 Å². The minimum atomic E-state index is -0.00282. The number of benzene rings is 2. The normalized spacial score (nSPS) is 13.4. The van der Waals surface area contributed by atoms with Crippen molar-refractivity contribution in [3.63, 3.8) is 0 Å². The summed E-state index contributed by atoms with van der Waals surface area (Å²) in [5, 5.41) is 14.8. The molecule has 0 radical (unpaired) electrons. The van der Waals surface area contributed by atoms with Crippen molar-refractivity contribution in [1.29, 1.82) is 5.26 Å². The lowest BCUT2D eigenvalue weighted by atomic mass is 9.97. The highest BCUT2D eigenvalue weighted by atomic mass is 16.5. The molecule has 0 fully saturated rings. The SMILES string of the molecule is N#CN/C(=N/c1ccncc1)NCCCCCOC1c2ccccc2CCc2ccccc21. The molecule has 0 unspecified atom stereocenters. The Morgan fingerprint density at radius 2 is 1.61 bits per heavy atom. The van der Waals surface area contributed by atoms with Crippen LogP contribution in [0.25, 0.3) is 0 Å². The van der Waals surface area contributed by atoms with Gasteiger partial charge in [0.25, 0.3) is 0 Å². The van der Waals surface area contributed by atoms with Crippen LogP contribution in [-0.2, 0) is 17.6 Å². The first-order valence-electron chi connectivity index (χ1n) is 11.5. The molecule has 0 spiro atoms. The molecule has 0 aliphatic heterocycles. The summed E-state index contributed by atoms with van der Waals surface area (Å²) in [6.45, 7) is 1.44. The summed E-state index contributed by atoms with van der Waals surface area (Å²) in [6.07, 6.45) is 10.3. The third-order valence-corrected chi connectivity index (χ3v) is 5.81. The Balaban J connectivity index is 1.27. The first kappa shape index (κ1) is 22.5. The molecule has 0 atom stereocenters. The molecule has 6 nitrogen and oxygen atoms in total. The number of nitrogens with zero attached hydrogens (tertiary/aromatic N) is 3. The van der Waals surface area contributed by atoms with Gasteiger partial charge >= 0.3 is 0 Å². The molecule has 0 saturated carbocycles. The second-order valence-electron chi connectivity index (χ2n) is 8.04. The van der Waals surface area contributed by atoms with Crippen LogP contribution < -0.4 is 10.6 Å². The third kappa shape index (κ3) is 6.18. The Morgan fingerprint density at radius 1 is 0.939 bits per heavy atom. The van der Waals surface area contributed by atoms with Gasteiger partial charge in [-0.3, -0.25) is 10.3 Å². The zero-order chi connectivity index (χ0) is 22.7. The lowest BCUT2D eigenvalue weighted by molar-refractivity contribution is 0.0766. The summed E-state index contributed by atoms with van der Waals surface area (Å²) in [5.74, 6) is 0.451. The standard InChI is InChI=1S/C27H29N5O/c28-20-31-27(32-23-14-17-29-18-15-23)30-16-6-1-7-19-33-26-24-10-4-2-8-21(24)12-13-22-9-3-5-11-25(22)26/h2-5,8-11,14-15,17-18,26H,1,6-7,12-13,16,19H2,(H2,29,30,31,32). The number of rotatable bonds is 8. The Bertz CT molecular complexity index is 1060. The summed E-state index contributed by atoms with van der Waals surface area (Å²) >= 11 is 0. The lowest BCUT2D eigenvalue weighted by Crippen LogP contribution is -2.34. The van der Waals surface area contributed by atoms with E-state index >= 15 is 0 Å². The zero-order valence-electron chi connectivity index (χ0n) is 18.7. The van der Waals surface area contributed by atoms with Crippen molar-refractivity contribution < 1.29 is 4.74 Å². The Morgan fingerprint density at radius 3 is 2.27 bits per heavy atom. The predicted molar refractivity (Wildman–Crippen MR) is 130 cm³/mol. The van der Waals surface area contributed by atoms with E-state index in [1.165, 1.54) is 22.3 Å². The summed E-state index contributed by atoms with van der Waals surface area (Å²) in [5.41, 5.74) is 6.10. The monoisotopic (exact) mass is 439 g/mol. The molecule has 0 saturated heterocycles. The topological polar surface area (TPSA) is 82.3 Å². The van der Waals surface area contributed by atoms with Crippen LogP contribution in [-0.4, -0.2) is 24.1 Å². The van der Waals surface area contributed by atoms with Gasteiger partial charge in [0.1, 0.15) is 6.10 Å². The fourth-order valence-corrected chi connectivity index (χ4v) is 4.18. The second-order valence-corrected chi connectivity index (χ2v) is 8.04. The maximum atomic E-state index is 8.96. The molecule has 6 heteroatoms. The molecule has 33 heavy (non-hydrogen) atoms. The van der Waals surface area contributed by atoms with Crippen molar-refractivity contribution in [1.82, 2.24) is 15.6 Å². The Hall–Kier alpha value is -3.69. The van der Waals surface area contributed by atoms with E-state index in [4.69, 9.17) is 10.00 Å². The molecule has 3 aromatic rings. The van der Waals surface area contributed by atoms with Crippen LogP contribution in [0.4, 0.5) is 5.69 Å². The number of unbranched alkanes of at least 4 members (excludes halogenated alkanes) is 2. The number of aliphatic imine (C=N–C) groups is 1. The van der Waals surface area contributed by atoms with Gasteiger partial charge in [0, 0.05) is 25.5 Å². The average molecular weight is 440 g/mol. The zero-order valence-corrected chi connectivity index (χ0v) is 18.7. The van der Waals surface area contributed by atoms with E-state index in [1.54, 1.807) is 24.5 Å². The average Bonchev–Trinajstić information content (AvgIpc) is 3.01. The van der Waals surface area contributed by atoms with Crippen LogP contribution in [0, 0.1) is 11.5 Å². The number of hydrogen-bond donors (Lipinski definition) is 2. The molecule has 1 aromatic heterocycles. The van der Waals surface area contributed by atoms with Gasteiger partial charge in [0.05, 0.1) is 5.69 Å². The van der Waals surface area contributed by atoms with E-state index in [0.717, 1.165) is 44.3 Å². The number of hydrogen-bond acceptors (Lipinski definition) is 4. The van der Waals surface area contributed by atoms with Crippen LogP contribution in [0.5, 0.6) is 0 Å². The van der Waals surface area contributed by atoms with Crippen molar-refractivity contribution >= 4 is 11.6 Å². The van der Waals surface area contributed by atoms with Crippen LogP contribution >= 0.6 is 0 Å². The van der Waals surface area contributed by atoms with Crippen molar-refractivity contribution in [2.45, 2.75) is 38.2 Å². The van der Waals surface area contributed by atoms with Crippen molar-refractivity contribution in [2.24, 2.45) is 4.99 Å². The van der Waals surface area contributed by atoms with Gasteiger partial charge in [0.2, 0.25) is 5.96 Å². The lowest BCUT2D eigenvalue weighted by Gasteiger charge is -2.21. The summed E-state index contributed by atoms with van der Waals surface area (Å²) < 4.78 is 6.46. The predicted octanol–water partition coefficient (Wildman–Crippen LogP) is 4.80.